The van der Waals surface area contributed by atoms with Crippen LogP contribution in [0.25, 0.3) is 0 Å². The summed E-state index contributed by atoms with van der Waals surface area (Å²) in [6.45, 7) is 12.2. The van der Waals surface area contributed by atoms with E-state index in [0.717, 1.165) is 25.7 Å². The third-order valence-corrected chi connectivity index (χ3v) is 8.53. The average molecular weight is 473 g/mol. The van der Waals surface area contributed by atoms with Crippen molar-refractivity contribution >= 4 is 12.6 Å². The molecule has 0 saturated heterocycles. The van der Waals surface area contributed by atoms with E-state index in [1.165, 1.54) is 5.57 Å². The topological polar surface area (TPSA) is 115 Å². The van der Waals surface area contributed by atoms with Crippen molar-refractivity contribution in [3.8, 4) is 17.2 Å². The Morgan fingerprint density at radius 2 is 1.59 bits per heavy atom. The Morgan fingerprint density at radius 1 is 1.03 bits per heavy atom. The minimum Gasteiger partial charge on any atom is -0.507 e. The number of fused-ring (bicyclic) bond motifs is 1. The van der Waals surface area contributed by atoms with Gasteiger partial charge in [0.1, 0.15) is 17.2 Å². The van der Waals surface area contributed by atoms with Crippen LogP contribution in [-0.4, -0.2) is 38.6 Å². The van der Waals surface area contributed by atoms with E-state index in [1.807, 2.05) is 13.8 Å². The van der Waals surface area contributed by atoms with E-state index < -0.39 is 34.2 Å². The minimum absolute atomic E-state index is 0.0230. The van der Waals surface area contributed by atoms with Gasteiger partial charge in [-0.1, -0.05) is 39.3 Å². The summed E-state index contributed by atoms with van der Waals surface area (Å²) in [4.78, 5) is 23.5. The lowest BCUT2D eigenvalue weighted by molar-refractivity contribution is 0.0318. The minimum atomic E-state index is -0.878. The van der Waals surface area contributed by atoms with Gasteiger partial charge in [-0.05, 0) is 69.1 Å². The standard InChI is InChI=1S/C28H40O6/c1-15(2)11-22(23-25(32)19(13-29)24(31)20(14-30)26(23)33)28(6)10-9-18-16(3)7-8-17(12-21(18)28)27(4,5)34/h12-18,22,31-34H,7-11H2,1-6H3. The van der Waals surface area contributed by atoms with E-state index in [0.29, 0.717) is 30.8 Å². The molecule has 0 aliphatic heterocycles. The molecule has 6 heteroatoms. The molecule has 6 nitrogen and oxygen atoms in total. The van der Waals surface area contributed by atoms with Crippen LogP contribution in [0.3, 0.4) is 0 Å². The molecule has 0 spiro atoms. The molecule has 5 unspecified atom stereocenters. The molecular formula is C28H40O6. The first-order valence-corrected chi connectivity index (χ1v) is 12.4. The second-order valence-corrected chi connectivity index (χ2v) is 11.7. The number of rotatable bonds is 7. The molecule has 2 aliphatic rings. The van der Waals surface area contributed by atoms with Crippen LogP contribution in [0.1, 0.15) is 106 Å². The maximum atomic E-state index is 11.7. The lowest BCUT2D eigenvalue weighted by Gasteiger charge is -2.40. The molecule has 0 radical (unpaired) electrons. The Labute approximate surface area is 202 Å². The SMILES string of the molecule is CC(C)CC(c1c(O)c(C=O)c(O)c(C=O)c1O)C1(C)CCC2C1=CC(C(C)(C)O)CCC2C. The fourth-order valence-corrected chi connectivity index (χ4v) is 6.45. The highest BCUT2D eigenvalue weighted by atomic mass is 16.3. The molecule has 188 valence electrons. The number of carbonyl (C=O) groups is 2. The van der Waals surface area contributed by atoms with Gasteiger partial charge < -0.3 is 20.4 Å². The van der Waals surface area contributed by atoms with Crippen LogP contribution in [0.2, 0.25) is 0 Å². The van der Waals surface area contributed by atoms with E-state index in [9.17, 15) is 30.0 Å². The van der Waals surface area contributed by atoms with Gasteiger partial charge in [0.15, 0.2) is 12.6 Å². The van der Waals surface area contributed by atoms with Crippen molar-refractivity contribution in [1.29, 1.82) is 0 Å². The molecule has 3 rings (SSSR count). The number of hydrogen-bond donors (Lipinski definition) is 4. The molecule has 5 atom stereocenters. The highest BCUT2D eigenvalue weighted by Crippen LogP contribution is 2.62. The van der Waals surface area contributed by atoms with Crippen LogP contribution in [0.5, 0.6) is 17.2 Å². The van der Waals surface area contributed by atoms with E-state index in [-0.39, 0.29) is 28.5 Å². The fraction of sp³-hybridized carbons (Fsp3) is 0.643. The van der Waals surface area contributed by atoms with Crippen molar-refractivity contribution < 1.29 is 30.0 Å². The van der Waals surface area contributed by atoms with Gasteiger partial charge in [-0.25, -0.2) is 0 Å². The summed E-state index contributed by atoms with van der Waals surface area (Å²) in [7, 11) is 0. The zero-order valence-electron chi connectivity index (χ0n) is 21.3. The Bertz CT molecular complexity index is 951. The Balaban J connectivity index is 2.30. The number of aldehydes is 2. The van der Waals surface area contributed by atoms with Crippen molar-refractivity contribution in [2.45, 2.75) is 85.2 Å². The Morgan fingerprint density at radius 3 is 2.06 bits per heavy atom. The highest BCUT2D eigenvalue weighted by Gasteiger charge is 2.50. The molecule has 1 aromatic rings. The average Bonchev–Trinajstić information content (AvgIpc) is 2.95. The summed E-state index contributed by atoms with van der Waals surface area (Å²) in [5.74, 6) is -1.10. The predicted molar refractivity (Wildman–Crippen MR) is 132 cm³/mol. The summed E-state index contributed by atoms with van der Waals surface area (Å²) < 4.78 is 0. The third kappa shape index (κ3) is 4.37. The number of benzene rings is 1. The molecule has 0 aromatic heterocycles. The molecule has 1 fully saturated rings. The van der Waals surface area contributed by atoms with Gasteiger partial charge in [-0.2, -0.15) is 0 Å². The first-order valence-electron chi connectivity index (χ1n) is 12.4. The van der Waals surface area contributed by atoms with Crippen LogP contribution in [0.15, 0.2) is 11.6 Å². The number of carbonyl (C=O) groups excluding carboxylic acids is 2. The lowest BCUT2D eigenvalue weighted by Crippen LogP contribution is -2.31. The van der Waals surface area contributed by atoms with Crippen molar-refractivity contribution in [3.05, 3.63) is 28.3 Å². The quantitative estimate of drug-likeness (QED) is 0.298. The van der Waals surface area contributed by atoms with Gasteiger partial charge in [-0.15, -0.1) is 0 Å². The molecular weight excluding hydrogens is 432 g/mol. The summed E-state index contributed by atoms with van der Waals surface area (Å²) in [5.41, 5.74) is -0.724. The first-order chi connectivity index (χ1) is 15.8. The van der Waals surface area contributed by atoms with Crippen molar-refractivity contribution in [3.63, 3.8) is 0 Å². The number of aromatic hydroxyl groups is 3. The predicted octanol–water partition coefficient (Wildman–Crippen LogP) is 5.72. The summed E-state index contributed by atoms with van der Waals surface area (Å²) in [6, 6.07) is 0. The van der Waals surface area contributed by atoms with Crippen LogP contribution >= 0.6 is 0 Å². The summed E-state index contributed by atoms with van der Waals surface area (Å²) in [5, 5.41) is 43.4. The smallest absolute Gasteiger partial charge is 0.157 e. The molecule has 0 heterocycles. The number of allylic oxidation sites excluding steroid dienone is 1. The third-order valence-electron chi connectivity index (χ3n) is 8.53. The molecule has 4 N–H and O–H groups in total. The zero-order valence-corrected chi connectivity index (χ0v) is 21.3. The fourth-order valence-electron chi connectivity index (χ4n) is 6.45. The second kappa shape index (κ2) is 9.37. The van der Waals surface area contributed by atoms with Gasteiger partial charge in [0.25, 0.3) is 0 Å². The number of phenols is 3. The number of hydrogen-bond acceptors (Lipinski definition) is 6. The van der Waals surface area contributed by atoms with E-state index >= 15 is 0 Å². The lowest BCUT2D eigenvalue weighted by atomic mass is 9.64. The molecule has 0 bridgehead atoms. The largest absolute Gasteiger partial charge is 0.507 e. The van der Waals surface area contributed by atoms with Gasteiger partial charge in [0.2, 0.25) is 0 Å². The molecule has 1 saturated carbocycles. The van der Waals surface area contributed by atoms with Gasteiger partial charge >= 0.3 is 0 Å². The van der Waals surface area contributed by atoms with Gasteiger partial charge in [0.05, 0.1) is 16.7 Å². The Kier molecular flexibility index (Phi) is 7.24. The summed E-state index contributed by atoms with van der Waals surface area (Å²) in [6.07, 6.45) is 7.14. The first kappa shape index (κ1) is 26.3. The van der Waals surface area contributed by atoms with E-state index in [4.69, 9.17) is 0 Å². The van der Waals surface area contributed by atoms with Crippen LogP contribution in [0, 0.1) is 29.1 Å². The van der Waals surface area contributed by atoms with Gasteiger partial charge in [0, 0.05) is 17.4 Å². The maximum absolute atomic E-state index is 11.7. The van der Waals surface area contributed by atoms with Crippen molar-refractivity contribution in [2.75, 3.05) is 0 Å². The molecule has 2 aliphatic carbocycles. The van der Waals surface area contributed by atoms with E-state index in [1.54, 1.807) is 0 Å². The monoisotopic (exact) mass is 472 g/mol. The van der Waals surface area contributed by atoms with Crippen LogP contribution in [-0.2, 0) is 0 Å². The normalized spacial score (nSPS) is 28.2. The maximum Gasteiger partial charge on any atom is 0.157 e. The van der Waals surface area contributed by atoms with Crippen molar-refractivity contribution in [2.24, 2.45) is 29.1 Å². The van der Waals surface area contributed by atoms with Crippen LogP contribution < -0.4 is 0 Å². The highest BCUT2D eigenvalue weighted by molar-refractivity contribution is 5.95. The van der Waals surface area contributed by atoms with Gasteiger partial charge in [-0.3, -0.25) is 9.59 Å². The molecule has 1 aromatic carbocycles. The molecule has 0 amide bonds. The summed E-state index contributed by atoms with van der Waals surface area (Å²) >= 11 is 0. The van der Waals surface area contributed by atoms with Crippen molar-refractivity contribution in [1.82, 2.24) is 0 Å². The second-order valence-electron chi connectivity index (χ2n) is 11.7. The number of aliphatic hydroxyl groups is 1. The van der Waals surface area contributed by atoms with E-state index in [2.05, 4.69) is 33.8 Å². The number of phenolic OH excluding ortho intramolecular Hbond substituents is 3. The molecule has 34 heavy (non-hydrogen) atoms. The van der Waals surface area contributed by atoms with Crippen LogP contribution in [0.4, 0.5) is 0 Å². The Hall–Kier alpha value is -2.34. The zero-order chi connectivity index (χ0) is 25.6.